The lowest BCUT2D eigenvalue weighted by Gasteiger charge is -2.05. The van der Waals surface area contributed by atoms with Crippen LogP contribution in [0.4, 0.5) is 0 Å². The summed E-state index contributed by atoms with van der Waals surface area (Å²) in [7, 11) is 1.33. The van der Waals surface area contributed by atoms with Crippen LogP contribution in [0.2, 0.25) is 0 Å². The van der Waals surface area contributed by atoms with Crippen molar-refractivity contribution in [2.75, 3.05) is 19.8 Å². The van der Waals surface area contributed by atoms with Gasteiger partial charge in [-0.2, -0.15) is 0 Å². The molecular formula is C11H23NO2S2. The summed E-state index contributed by atoms with van der Waals surface area (Å²) in [4.78, 5) is 11.3. The number of hydrogen-bond acceptors (Lipinski definition) is 5. The van der Waals surface area contributed by atoms with Gasteiger partial charge in [-0.1, -0.05) is 25.5 Å². The molecule has 0 fully saturated rings. The Hall–Kier alpha value is 0.290. The van der Waals surface area contributed by atoms with Crippen molar-refractivity contribution in [1.82, 2.24) is 4.72 Å². The summed E-state index contributed by atoms with van der Waals surface area (Å²) >= 11 is 3.96. The topological polar surface area (TPSA) is 38.3 Å². The minimum Gasteiger partial charge on any atom is -0.381 e. The van der Waals surface area contributed by atoms with Crippen LogP contribution in [0.1, 0.15) is 39.5 Å². The van der Waals surface area contributed by atoms with Gasteiger partial charge in [-0.15, -0.1) is 0 Å². The summed E-state index contributed by atoms with van der Waals surface area (Å²) < 4.78 is 8.47. The maximum absolute atomic E-state index is 11.3. The third-order valence-electron chi connectivity index (χ3n) is 2.24. The SMILES string of the molecule is CC(C)C(=O)CCCCOCCCNSS. The average molecular weight is 265 g/mol. The molecule has 1 N–H and O–H groups in total. The summed E-state index contributed by atoms with van der Waals surface area (Å²) in [5.41, 5.74) is 0. The Kier molecular flexibility index (Phi) is 12.0. The number of carbonyl (C=O) groups is 1. The van der Waals surface area contributed by atoms with E-state index in [0.717, 1.165) is 39.0 Å². The zero-order valence-corrected chi connectivity index (χ0v) is 11.9. The molecule has 3 nitrogen and oxygen atoms in total. The van der Waals surface area contributed by atoms with Crippen LogP contribution in [-0.2, 0) is 9.53 Å². The highest BCUT2D eigenvalue weighted by Crippen LogP contribution is 2.04. The van der Waals surface area contributed by atoms with Crippen LogP contribution < -0.4 is 4.72 Å². The Bertz CT molecular complexity index is 177. The molecule has 16 heavy (non-hydrogen) atoms. The van der Waals surface area contributed by atoms with Crippen molar-refractivity contribution in [3.63, 3.8) is 0 Å². The summed E-state index contributed by atoms with van der Waals surface area (Å²) in [5, 5.41) is 0. The maximum Gasteiger partial charge on any atom is 0.135 e. The van der Waals surface area contributed by atoms with E-state index in [2.05, 4.69) is 16.4 Å². The molecule has 0 spiro atoms. The summed E-state index contributed by atoms with van der Waals surface area (Å²) in [6.07, 6.45) is 3.62. The summed E-state index contributed by atoms with van der Waals surface area (Å²) in [6, 6.07) is 0. The highest BCUT2D eigenvalue weighted by Gasteiger charge is 2.05. The van der Waals surface area contributed by atoms with Gasteiger partial charge in [0, 0.05) is 32.1 Å². The standard InChI is InChI=1S/C11H23NO2S2/c1-10(2)11(13)6-3-4-8-14-9-5-7-12-16-15/h10,12,15H,3-9H2,1-2H3. The van der Waals surface area contributed by atoms with Gasteiger partial charge >= 0.3 is 0 Å². The lowest BCUT2D eigenvalue weighted by molar-refractivity contribution is -0.122. The Balaban J connectivity index is 3.07. The molecule has 0 aromatic carbocycles. The van der Waals surface area contributed by atoms with Crippen molar-refractivity contribution in [2.24, 2.45) is 5.92 Å². The van der Waals surface area contributed by atoms with E-state index >= 15 is 0 Å². The first-order valence-electron chi connectivity index (χ1n) is 5.82. The van der Waals surface area contributed by atoms with Crippen molar-refractivity contribution in [2.45, 2.75) is 39.5 Å². The van der Waals surface area contributed by atoms with Gasteiger partial charge in [0.1, 0.15) is 5.78 Å². The van der Waals surface area contributed by atoms with Gasteiger partial charge in [-0.3, -0.25) is 9.52 Å². The van der Waals surface area contributed by atoms with E-state index in [1.807, 2.05) is 13.8 Å². The predicted molar refractivity (Wildman–Crippen MR) is 73.7 cm³/mol. The molecule has 0 aliphatic carbocycles. The van der Waals surface area contributed by atoms with E-state index in [1.165, 1.54) is 11.0 Å². The quantitative estimate of drug-likeness (QED) is 0.261. The number of unbranched alkanes of at least 4 members (excludes halogenated alkanes) is 1. The fraction of sp³-hybridized carbons (Fsp3) is 0.909. The molecule has 0 aliphatic rings. The zero-order valence-electron chi connectivity index (χ0n) is 10.2. The number of Topliss-reactive ketones (excluding diaryl/α,β-unsaturated/α-hetero) is 1. The van der Waals surface area contributed by atoms with Gasteiger partial charge in [0.2, 0.25) is 0 Å². The molecule has 0 unspecified atom stereocenters. The second-order valence-electron chi connectivity index (χ2n) is 4.03. The Morgan fingerprint density at radius 2 is 2.00 bits per heavy atom. The number of thiol groups is 1. The highest BCUT2D eigenvalue weighted by molar-refractivity contribution is 8.67. The molecular weight excluding hydrogens is 242 g/mol. The van der Waals surface area contributed by atoms with Crippen LogP contribution in [0.25, 0.3) is 0 Å². The monoisotopic (exact) mass is 265 g/mol. The van der Waals surface area contributed by atoms with Crippen LogP contribution in [0.15, 0.2) is 0 Å². The second kappa shape index (κ2) is 11.8. The lowest BCUT2D eigenvalue weighted by Crippen LogP contribution is -2.09. The second-order valence-corrected chi connectivity index (χ2v) is 5.05. The molecule has 0 aromatic rings. The van der Waals surface area contributed by atoms with E-state index < -0.39 is 0 Å². The predicted octanol–water partition coefficient (Wildman–Crippen LogP) is 2.87. The lowest BCUT2D eigenvalue weighted by atomic mass is 10.0. The summed E-state index contributed by atoms with van der Waals surface area (Å²) in [5.74, 6) is 0.528. The molecule has 0 radical (unpaired) electrons. The molecule has 0 bridgehead atoms. The van der Waals surface area contributed by atoms with Gasteiger partial charge in [0.25, 0.3) is 0 Å². The molecule has 0 rings (SSSR count). The molecule has 5 heteroatoms. The first-order chi connectivity index (χ1) is 7.68. The van der Waals surface area contributed by atoms with Crippen molar-refractivity contribution in [3.05, 3.63) is 0 Å². The van der Waals surface area contributed by atoms with Gasteiger partial charge in [-0.05, 0) is 30.2 Å². The number of ketones is 1. The van der Waals surface area contributed by atoms with E-state index in [9.17, 15) is 4.79 Å². The average Bonchev–Trinajstić information content (AvgIpc) is 2.26. The molecule has 0 saturated carbocycles. The fourth-order valence-corrected chi connectivity index (χ4v) is 1.70. The minimum atomic E-state index is 0.172. The van der Waals surface area contributed by atoms with Gasteiger partial charge < -0.3 is 4.74 Å². The zero-order chi connectivity index (χ0) is 12.2. The number of hydrogen-bond donors (Lipinski definition) is 2. The van der Waals surface area contributed by atoms with Crippen LogP contribution in [0, 0.1) is 5.92 Å². The minimum absolute atomic E-state index is 0.172. The molecule has 0 aliphatic heterocycles. The van der Waals surface area contributed by atoms with Crippen molar-refractivity contribution in [3.8, 4) is 0 Å². The molecule has 0 amide bonds. The maximum atomic E-state index is 11.3. The smallest absolute Gasteiger partial charge is 0.135 e. The normalized spacial score (nSPS) is 11.0. The van der Waals surface area contributed by atoms with Crippen LogP contribution >= 0.6 is 22.6 Å². The molecule has 0 saturated heterocycles. The van der Waals surface area contributed by atoms with Gasteiger partial charge in [0.05, 0.1) is 0 Å². The van der Waals surface area contributed by atoms with E-state index in [0.29, 0.717) is 12.2 Å². The number of ether oxygens (including phenoxy) is 1. The van der Waals surface area contributed by atoms with Gasteiger partial charge in [-0.25, -0.2) is 0 Å². The van der Waals surface area contributed by atoms with Crippen LogP contribution in [0.3, 0.4) is 0 Å². The van der Waals surface area contributed by atoms with E-state index in [4.69, 9.17) is 4.74 Å². The molecule has 0 atom stereocenters. The first kappa shape index (κ1) is 16.3. The van der Waals surface area contributed by atoms with Crippen molar-refractivity contribution in [1.29, 1.82) is 0 Å². The Labute approximate surface area is 108 Å². The molecule has 96 valence electrons. The Morgan fingerprint density at radius 1 is 1.31 bits per heavy atom. The van der Waals surface area contributed by atoms with Crippen LogP contribution in [-0.4, -0.2) is 25.5 Å². The van der Waals surface area contributed by atoms with Crippen LogP contribution in [0.5, 0.6) is 0 Å². The van der Waals surface area contributed by atoms with E-state index in [-0.39, 0.29) is 5.92 Å². The summed E-state index contributed by atoms with van der Waals surface area (Å²) in [6.45, 7) is 6.36. The first-order valence-corrected chi connectivity index (χ1v) is 7.69. The molecule has 0 heterocycles. The van der Waals surface area contributed by atoms with E-state index in [1.54, 1.807) is 0 Å². The number of rotatable bonds is 11. The largest absolute Gasteiger partial charge is 0.381 e. The number of carbonyl (C=O) groups excluding carboxylic acids is 1. The van der Waals surface area contributed by atoms with Gasteiger partial charge in [0.15, 0.2) is 0 Å². The third-order valence-corrected chi connectivity index (χ3v) is 2.96. The Morgan fingerprint density at radius 3 is 2.62 bits per heavy atom. The molecule has 0 aromatic heterocycles. The fourth-order valence-electron chi connectivity index (χ4n) is 1.19. The third kappa shape index (κ3) is 10.8. The van der Waals surface area contributed by atoms with Crippen molar-refractivity contribution >= 4 is 28.4 Å². The number of nitrogens with one attached hydrogen (secondary N) is 1. The highest BCUT2D eigenvalue weighted by atomic mass is 33.1. The van der Waals surface area contributed by atoms with Crippen molar-refractivity contribution < 1.29 is 9.53 Å².